The second kappa shape index (κ2) is 12.0. The van der Waals surface area contributed by atoms with Crippen molar-refractivity contribution in [3.8, 4) is 28.7 Å². The molecule has 2 aliphatic heterocycles. The zero-order valence-electron chi connectivity index (χ0n) is 22.1. The quantitative estimate of drug-likeness (QED) is 0.339. The van der Waals surface area contributed by atoms with E-state index >= 15 is 0 Å². The summed E-state index contributed by atoms with van der Waals surface area (Å²) < 4.78 is 38.3. The van der Waals surface area contributed by atoms with Crippen LogP contribution < -0.4 is 23.7 Å². The Morgan fingerprint density at radius 3 is 2.05 bits per heavy atom. The maximum atomic E-state index is 12.8. The van der Waals surface area contributed by atoms with Crippen molar-refractivity contribution in [2.75, 3.05) is 54.6 Å². The molecule has 39 heavy (non-hydrogen) atoms. The fourth-order valence-electron chi connectivity index (χ4n) is 4.45. The van der Waals surface area contributed by atoms with Crippen LogP contribution in [0.15, 0.2) is 48.6 Å². The Balaban J connectivity index is 1.56. The van der Waals surface area contributed by atoms with Gasteiger partial charge < -0.3 is 33.2 Å². The third-order valence-electron chi connectivity index (χ3n) is 6.26. The van der Waals surface area contributed by atoms with Crippen LogP contribution in [0.4, 0.5) is 0 Å². The maximum Gasteiger partial charge on any atom is 0.335 e. The van der Waals surface area contributed by atoms with E-state index in [0.717, 1.165) is 17.7 Å². The van der Waals surface area contributed by atoms with Gasteiger partial charge in [-0.15, -0.1) is 0 Å². The van der Waals surface area contributed by atoms with E-state index in [1.807, 2.05) is 11.0 Å². The lowest BCUT2D eigenvalue weighted by molar-refractivity contribution is -0.299. The molecule has 12 nitrogen and oxygen atoms in total. The number of benzene rings is 2. The van der Waals surface area contributed by atoms with Gasteiger partial charge in [0.2, 0.25) is 5.75 Å². The molecule has 0 unspecified atom stereocenters. The molecule has 0 aromatic heterocycles. The van der Waals surface area contributed by atoms with Gasteiger partial charge in [-0.3, -0.25) is 9.69 Å². The first-order valence-corrected chi connectivity index (χ1v) is 12.0. The Labute approximate surface area is 225 Å². The molecule has 12 heteroatoms. The zero-order valence-corrected chi connectivity index (χ0v) is 22.1. The molecule has 0 atom stereocenters. The first-order chi connectivity index (χ1) is 18.8. The number of methoxy groups -OCH3 is 4. The van der Waals surface area contributed by atoms with Gasteiger partial charge >= 0.3 is 23.8 Å². The van der Waals surface area contributed by atoms with Gasteiger partial charge in [0.05, 0.1) is 35.0 Å². The van der Waals surface area contributed by atoms with Gasteiger partial charge in [0, 0.05) is 37.3 Å². The molecule has 1 saturated heterocycles. The number of carbonyl (C=O) groups excluding carboxylic acids is 3. The smallest absolute Gasteiger partial charge is 0.335 e. The summed E-state index contributed by atoms with van der Waals surface area (Å²) in [5.74, 6) is -1.70. The van der Waals surface area contributed by atoms with E-state index in [4.69, 9.17) is 33.2 Å². The van der Waals surface area contributed by atoms with Crippen LogP contribution in [0.2, 0.25) is 0 Å². The summed E-state index contributed by atoms with van der Waals surface area (Å²) in [6, 6.07) is 10.1. The van der Waals surface area contributed by atoms with Crippen LogP contribution in [0, 0.1) is 0 Å². The molecule has 208 valence electrons. The third-order valence-corrected chi connectivity index (χ3v) is 6.26. The molecule has 1 fully saturated rings. The molecule has 0 radical (unpaired) electrons. The summed E-state index contributed by atoms with van der Waals surface area (Å²) >= 11 is 0. The van der Waals surface area contributed by atoms with Crippen molar-refractivity contribution in [3.05, 3.63) is 54.1 Å². The molecule has 4 rings (SSSR count). The molecule has 0 N–H and O–H groups in total. The second-order valence-electron chi connectivity index (χ2n) is 8.66. The minimum atomic E-state index is -1.86. The van der Waals surface area contributed by atoms with E-state index < -0.39 is 23.8 Å². The minimum Gasteiger partial charge on any atom is -0.497 e. The van der Waals surface area contributed by atoms with Crippen LogP contribution in [0.25, 0.3) is 0 Å². The third kappa shape index (κ3) is 6.24. The lowest BCUT2D eigenvalue weighted by Crippen LogP contribution is -2.66. The highest BCUT2D eigenvalue weighted by atomic mass is 16.8. The Bertz CT molecular complexity index is 1220. The summed E-state index contributed by atoms with van der Waals surface area (Å²) in [4.78, 5) is 41.1. The van der Waals surface area contributed by atoms with Crippen molar-refractivity contribution in [3.63, 3.8) is 0 Å². The van der Waals surface area contributed by atoms with E-state index in [2.05, 4.69) is 0 Å². The van der Waals surface area contributed by atoms with Crippen LogP contribution in [0.3, 0.4) is 0 Å². The van der Waals surface area contributed by atoms with E-state index in [9.17, 15) is 14.4 Å². The highest BCUT2D eigenvalue weighted by molar-refractivity contribution is 5.93. The van der Waals surface area contributed by atoms with Crippen LogP contribution in [-0.4, -0.2) is 88.2 Å². The number of hydrogen-bond acceptors (Lipinski definition) is 12. The predicted octanol–water partition coefficient (Wildman–Crippen LogP) is 1.75. The van der Waals surface area contributed by atoms with Gasteiger partial charge in [0.25, 0.3) is 0 Å². The van der Waals surface area contributed by atoms with Crippen LogP contribution >= 0.6 is 0 Å². The first kappa shape index (κ1) is 27.7. The largest absolute Gasteiger partial charge is 0.497 e. The Kier molecular flexibility index (Phi) is 8.57. The monoisotopic (exact) mass is 542 g/mol. The summed E-state index contributed by atoms with van der Waals surface area (Å²) in [6.07, 6.45) is 1.97. The standard InChI is InChI=1S/C27H30N2O10/c1-33-19-6-8-20(9-7-19)37-24(32)16-29-14-13-28(17-27(29)38-22(30)11-12-23(31)39-27)15-18-5-10-21(34-2)26(36-4)25(18)35-3/h5-12H,13-17H2,1-4H3. The van der Waals surface area contributed by atoms with Crippen LogP contribution in [0.1, 0.15) is 5.56 Å². The average molecular weight is 543 g/mol. The van der Waals surface area contributed by atoms with E-state index in [1.54, 1.807) is 30.3 Å². The summed E-state index contributed by atoms with van der Waals surface area (Å²) in [5, 5.41) is 0. The number of ether oxygens (including phenoxy) is 7. The Morgan fingerprint density at radius 2 is 1.46 bits per heavy atom. The fourth-order valence-corrected chi connectivity index (χ4v) is 4.45. The number of piperazine rings is 1. The zero-order chi connectivity index (χ0) is 28.0. The molecule has 0 saturated carbocycles. The van der Waals surface area contributed by atoms with Crippen molar-refractivity contribution >= 4 is 17.9 Å². The van der Waals surface area contributed by atoms with E-state index in [0.29, 0.717) is 41.8 Å². The lowest BCUT2D eigenvalue weighted by Gasteiger charge is -2.46. The first-order valence-electron chi connectivity index (χ1n) is 12.0. The molecule has 2 aliphatic rings. The molecule has 2 heterocycles. The number of carbonyl (C=O) groups is 3. The van der Waals surface area contributed by atoms with Crippen molar-refractivity contribution in [2.45, 2.75) is 12.5 Å². The molecule has 0 aliphatic carbocycles. The molecule has 0 bridgehead atoms. The van der Waals surface area contributed by atoms with E-state index in [-0.39, 0.29) is 19.6 Å². The van der Waals surface area contributed by atoms with Gasteiger partial charge in [0.1, 0.15) is 18.0 Å². The fraction of sp³-hybridized carbons (Fsp3) is 0.370. The highest BCUT2D eigenvalue weighted by Gasteiger charge is 2.50. The van der Waals surface area contributed by atoms with Crippen LogP contribution in [0.5, 0.6) is 28.7 Å². The highest BCUT2D eigenvalue weighted by Crippen LogP contribution is 2.40. The Morgan fingerprint density at radius 1 is 0.821 bits per heavy atom. The number of nitrogens with zero attached hydrogens (tertiary/aromatic N) is 2. The average Bonchev–Trinajstić information content (AvgIpc) is 3.07. The molecular weight excluding hydrogens is 512 g/mol. The predicted molar refractivity (Wildman–Crippen MR) is 136 cm³/mol. The van der Waals surface area contributed by atoms with Gasteiger partial charge in [-0.25, -0.2) is 14.5 Å². The van der Waals surface area contributed by atoms with Crippen molar-refractivity contribution in [2.24, 2.45) is 0 Å². The molecule has 2 aromatic carbocycles. The molecule has 2 aromatic rings. The van der Waals surface area contributed by atoms with Crippen LogP contribution in [-0.2, 0) is 30.4 Å². The number of hydrogen-bond donors (Lipinski definition) is 0. The summed E-state index contributed by atoms with van der Waals surface area (Å²) in [7, 11) is 6.10. The summed E-state index contributed by atoms with van der Waals surface area (Å²) in [6.45, 7) is 0.642. The SMILES string of the molecule is COc1ccc(OC(=O)CN2CCN(Cc3ccc(OC)c(OC)c3OC)CC23OC(=O)C=CC(=O)O3)cc1. The number of rotatable bonds is 9. The van der Waals surface area contributed by atoms with Gasteiger partial charge in [-0.05, 0) is 30.3 Å². The normalized spacial score (nSPS) is 17.1. The van der Waals surface area contributed by atoms with Crippen molar-refractivity contribution in [1.82, 2.24) is 9.80 Å². The maximum absolute atomic E-state index is 12.8. The number of esters is 3. The molecular formula is C27H30N2O10. The minimum absolute atomic E-state index is 0.0422. The van der Waals surface area contributed by atoms with Crippen molar-refractivity contribution in [1.29, 1.82) is 0 Å². The van der Waals surface area contributed by atoms with Crippen molar-refractivity contribution < 1.29 is 47.5 Å². The topological polar surface area (TPSA) is 122 Å². The van der Waals surface area contributed by atoms with Gasteiger partial charge in [0.15, 0.2) is 11.5 Å². The summed E-state index contributed by atoms with van der Waals surface area (Å²) in [5.41, 5.74) is 0.766. The van der Waals surface area contributed by atoms with Gasteiger partial charge in [-0.2, -0.15) is 0 Å². The Hall–Kier alpha value is -4.29. The van der Waals surface area contributed by atoms with Gasteiger partial charge in [-0.1, -0.05) is 6.07 Å². The molecule has 1 spiro atoms. The second-order valence-corrected chi connectivity index (χ2v) is 8.66. The molecule has 0 amide bonds. The van der Waals surface area contributed by atoms with E-state index in [1.165, 1.54) is 33.3 Å². The lowest BCUT2D eigenvalue weighted by atomic mass is 10.1.